The van der Waals surface area contributed by atoms with E-state index in [1.54, 1.807) is 0 Å². The van der Waals surface area contributed by atoms with Crippen LogP contribution in [0.25, 0.3) is 10.8 Å². The summed E-state index contributed by atoms with van der Waals surface area (Å²) in [5, 5.41) is 2.63. The van der Waals surface area contributed by atoms with Gasteiger partial charge in [-0.2, -0.15) is 0 Å². The molecule has 0 saturated carbocycles. The van der Waals surface area contributed by atoms with Crippen molar-refractivity contribution in [1.82, 2.24) is 4.57 Å². The molecule has 3 aromatic rings. The molecule has 1 aromatic heterocycles. The SMILES string of the molecule is CCC(N)Cc1cccn1Cc1cccc2ccccc12. The second-order valence-electron chi connectivity index (χ2n) is 5.64. The van der Waals surface area contributed by atoms with Crippen LogP contribution in [0.4, 0.5) is 0 Å². The van der Waals surface area contributed by atoms with Crippen molar-refractivity contribution in [3.63, 3.8) is 0 Å². The van der Waals surface area contributed by atoms with E-state index in [-0.39, 0.29) is 6.04 Å². The van der Waals surface area contributed by atoms with Gasteiger partial charge < -0.3 is 10.3 Å². The van der Waals surface area contributed by atoms with Gasteiger partial charge in [0.25, 0.3) is 0 Å². The fourth-order valence-corrected chi connectivity index (χ4v) is 2.82. The Kier molecular flexibility index (Phi) is 4.07. The Labute approximate surface area is 126 Å². The van der Waals surface area contributed by atoms with Crippen molar-refractivity contribution in [3.8, 4) is 0 Å². The highest BCUT2D eigenvalue weighted by Gasteiger charge is 2.08. The zero-order valence-electron chi connectivity index (χ0n) is 12.5. The molecule has 0 bridgehead atoms. The minimum atomic E-state index is 0.242. The number of aromatic nitrogens is 1. The minimum absolute atomic E-state index is 0.242. The predicted octanol–water partition coefficient (Wildman–Crippen LogP) is 3.97. The van der Waals surface area contributed by atoms with Gasteiger partial charge >= 0.3 is 0 Å². The highest BCUT2D eigenvalue weighted by molar-refractivity contribution is 5.85. The molecule has 0 radical (unpaired) electrons. The molecular formula is C19H22N2. The topological polar surface area (TPSA) is 30.9 Å². The van der Waals surface area contributed by atoms with Gasteiger partial charge in [-0.1, -0.05) is 49.4 Å². The second kappa shape index (κ2) is 6.15. The van der Waals surface area contributed by atoms with Crippen molar-refractivity contribution in [2.24, 2.45) is 5.73 Å². The van der Waals surface area contributed by atoms with Crippen LogP contribution in [-0.4, -0.2) is 10.6 Å². The Morgan fingerprint density at radius 2 is 1.81 bits per heavy atom. The van der Waals surface area contributed by atoms with Crippen LogP contribution in [0.15, 0.2) is 60.8 Å². The van der Waals surface area contributed by atoms with Gasteiger partial charge in [-0.25, -0.2) is 0 Å². The van der Waals surface area contributed by atoms with Crippen LogP contribution in [0.1, 0.15) is 24.6 Å². The van der Waals surface area contributed by atoms with E-state index in [0.717, 1.165) is 19.4 Å². The van der Waals surface area contributed by atoms with Crippen molar-refractivity contribution < 1.29 is 0 Å². The molecular weight excluding hydrogens is 256 g/mol. The molecule has 108 valence electrons. The Bertz CT molecular complexity index is 722. The third-order valence-corrected chi connectivity index (χ3v) is 4.14. The van der Waals surface area contributed by atoms with E-state index in [9.17, 15) is 0 Å². The summed E-state index contributed by atoms with van der Waals surface area (Å²) >= 11 is 0. The molecule has 0 aliphatic heterocycles. The van der Waals surface area contributed by atoms with E-state index in [1.165, 1.54) is 22.0 Å². The molecule has 2 N–H and O–H groups in total. The summed E-state index contributed by atoms with van der Waals surface area (Å²) in [5.74, 6) is 0. The van der Waals surface area contributed by atoms with Crippen LogP contribution in [-0.2, 0) is 13.0 Å². The number of nitrogens with two attached hydrogens (primary N) is 1. The smallest absolute Gasteiger partial charge is 0.0479 e. The number of fused-ring (bicyclic) bond motifs is 1. The summed E-state index contributed by atoms with van der Waals surface area (Å²) in [6, 6.07) is 19.6. The van der Waals surface area contributed by atoms with E-state index in [1.807, 2.05) is 0 Å². The van der Waals surface area contributed by atoms with E-state index in [4.69, 9.17) is 5.73 Å². The van der Waals surface area contributed by atoms with Crippen LogP contribution in [0, 0.1) is 0 Å². The maximum atomic E-state index is 6.10. The van der Waals surface area contributed by atoms with Crippen LogP contribution < -0.4 is 5.73 Å². The van der Waals surface area contributed by atoms with Gasteiger partial charge in [0.05, 0.1) is 0 Å². The summed E-state index contributed by atoms with van der Waals surface area (Å²) < 4.78 is 2.32. The van der Waals surface area contributed by atoms with Crippen molar-refractivity contribution in [2.45, 2.75) is 32.4 Å². The largest absolute Gasteiger partial charge is 0.347 e. The molecule has 2 heteroatoms. The van der Waals surface area contributed by atoms with E-state index in [2.05, 4.69) is 72.3 Å². The summed E-state index contributed by atoms with van der Waals surface area (Å²) in [4.78, 5) is 0. The summed E-state index contributed by atoms with van der Waals surface area (Å²) in [7, 11) is 0. The van der Waals surface area contributed by atoms with E-state index in [0.29, 0.717) is 0 Å². The van der Waals surface area contributed by atoms with Crippen LogP contribution in [0.2, 0.25) is 0 Å². The fraction of sp³-hybridized carbons (Fsp3) is 0.263. The predicted molar refractivity (Wildman–Crippen MR) is 89.5 cm³/mol. The van der Waals surface area contributed by atoms with E-state index >= 15 is 0 Å². The monoisotopic (exact) mass is 278 g/mol. The maximum absolute atomic E-state index is 6.10. The molecule has 1 heterocycles. The molecule has 1 unspecified atom stereocenters. The molecule has 3 rings (SSSR count). The third kappa shape index (κ3) is 3.01. The lowest BCUT2D eigenvalue weighted by atomic mass is 10.0. The number of hydrogen-bond acceptors (Lipinski definition) is 1. The number of rotatable bonds is 5. The Hall–Kier alpha value is -2.06. The molecule has 21 heavy (non-hydrogen) atoms. The van der Waals surface area contributed by atoms with Crippen molar-refractivity contribution >= 4 is 10.8 Å². The summed E-state index contributed by atoms with van der Waals surface area (Å²) in [6.07, 6.45) is 4.10. The van der Waals surface area contributed by atoms with Crippen molar-refractivity contribution in [1.29, 1.82) is 0 Å². The summed E-state index contributed by atoms with van der Waals surface area (Å²) in [5.41, 5.74) is 8.78. The zero-order chi connectivity index (χ0) is 14.7. The molecule has 1 atom stereocenters. The van der Waals surface area contributed by atoms with Crippen molar-refractivity contribution in [2.75, 3.05) is 0 Å². The number of nitrogens with zero attached hydrogens (tertiary/aromatic N) is 1. The second-order valence-corrected chi connectivity index (χ2v) is 5.64. The lowest BCUT2D eigenvalue weighted by Crippen LogP contribution is -2.23. The van der Waals surface area contributed by atoms with Crippen LogP contribution in [0.3, 0.4) is 0 Å². The number of hydrogen-bond donors (Lipinski definition) is 1. The Balaban J connectivity index is 1.91. The fourth-order valence-electron chi connectivity index (χ4n) is 2.82. The first kappa shape index (κ1) is 13.9. The molecule has 0 saturated heterocycles. The molecule has 0 fully saturated rings. The van der Waals surface area contributed by atoms with Crippen LogP contribution >= 0.6 is 0 Å². The van der Waals surface area contributed by atoms with Gasteiger partial charge in [0.2, 0.25) is 0 Å². The van der Waals surface area contributed by atoms with Gasteiger partial charge in [0.1, 0.15) is 0 Å². The van der Waals surface area contributed by atoms with Gasteiger partial charge in [-0.15, -0.1) is 0 Å². The lowest BCUT2D eigenvalue weighted by molar-refractivity contribution is 0.610. The molecule has 2 nitrogen and oxygen atoms in total. The van der Waals surface area contributed by atoms with Crippen molar-refractivity contribution in [3.05, 3.63) is 72.1 Å². The molecule has 0 aliphatic rings. The third-order valence-electron chi connectivity index (χ3n) is 4.14. The van der Waals surface area contributed by atoms with E-state index < -0.39 is 0 Å². The first-order valence-electron chi connectivity index (χ1n) is 7.64. The number of benzene rings is 2. The highest BCUT2D eigenvalue weighted by Crippen LogP contribution is 2.20. The van der Waals surface area contributed by atoms with Gasteiger partial charge in [-0.05, 0) is 34.9 Å². The average molecular weight is 278 g/mol. The van der Waals surface area contributed by atoms with Gasteiger partial charge in [0.15, 0.2) is 0 Å². The minimum Gasteiger partial charge on any atom is -0.347 e. The molecule has 0 amide bonds. The first-order valence-corrected chi connectivity index (χ1v) is 7.64. The lowest BCUT2D eigenvalue weighted by Gasteiger charge is -2.14. The Morgan fingerprint density at radius 3 is 2.67 bits per heavy atom. The summed E-state index contributed by atoms with van der Waals surface area (Å²) in [6.45, 7) is 3.04. The average Bonchev–Trinajstić information content (AvgIpc) is 2.94. The van der Waals surface area contributed by atoms with Gasteiger partial charge in [-0.3, -0.25) is 0 Å². The van der Waals surface area contributed by atoms with Gasteiger partial charge in [0, 0.05) is 30.9 Å². The molecule has 0 aliphatic carbocycles. The standard InChI is InChI=1S/C19H22N2/c1-2-17(20)13-18-10-6-12-21(18)14-16-9-5-8-15-7-3-4-11-19(15)16/h3-12,17H,2,13-14,20H2,1H3. The van der Waals surface area contributed by atoms with Crippen LogP contribution in [0.5, 0.6) is 0 Å². The normalized spacial score (nSPS) is 12.7. The molecule has 0 spiro atoms. The maximum Gasteiger partial charge on any atom is 0.0479 e. The molecule has 2 aromatic carbocycles. The quantitative estimate of drug-likeness (QED) is 0.752. The first-order chi connectivity index (χ1) is 10.3. The highest BCUT2D eigenvalue weighted by atomic mass is 15.0. The zero-order valence-corrected chi connectivity index (χ0v) is 12.5. The Morgan fingerprint density at radius 1 is 1.00 bits per heavy atom.